The van der Waals surface area contributed by atoms with Crippen LogP contribution in [-0.4, -0.2) is 24.9 Å². The van der Waals surface area contributed by atoms with Gasteiger partial charge >= 0.3 is 5.97 Å². The Morgan fingerprint density at radius 3 is 2.11 bits per heavy atom. The third-order valence-electron chi connectivity index (χ3n) is 4.68. The van der Waals surface area contributed by atoms with E-state index < -0.39 is 17.3 Å². The lowest BCUT2D eigenvalue weighted by molar-refractivity contribution is -0.131. The fraction of sp³-hybridized carbons (Fsp3) is 0.286. The predicted octanol–water partition coefficient (Wildman–Crippen LogP) is 3.45. The molecule has 0 saturated heterocycles. The van der Waals surface area contributed by atoms with E-state index in [1.807, 2.05) is 32.0 Å². The first-order chi connectivity index (χ1) is 12.9. The SMILES string of the molecule is COC(=O)c1ccccc1NC(=O)C1(C(=O)Nc2cc(C)cc(C)c2)CC1. The van der Waals surface area contributed by atoms with Gasteiger partial charge in [0.2, 0.25) is 11.8 Å². The topological polar surface area (TPSA) is 84.5 Å². The molecule has 140 valence electrons. The number of methoxy groups -OCH3 is 1. The first-order valence-electron chi connectivity index (χ1n) is 8.74. The van der Waals surface area contributed by atoms with Crippen LogP contribution in [0.25, 0.3) is 0 Å². The van der Waals surface area contributed by atoms with Gasteiger partial charge < -0.3 is 15.4 Å². The van der Waals surface area contributed by atoms with Crippen molar-refractivity contribution in [1.82, 2.24) is 0 Å². The number of rotatable bonds is 5. The smallest absolute Gasteiger partial charge is 0.339 e. The number of carbonyl (C=O) groups is 3. The zero-order valence-electron chi connectivity index (χ0n) is 15.6. The Morgan fingerprint density at radius 2 is 1.52 bits per heavy atom. The largest absolute Gasteiger partial charge is 0.465 e. The minimum absolute atomic E-state index is 0.249. The molecule has 1 fully saturated rings. The molecule has 0 aromatic heterocycles. The zero-order chi connectivity index (χ0) is 19.6. The number of anilines is 2. The number of aryl methyl sites for hydroxylation is 2. The minimum atomic E-state index is -1.11. The van der Waals surface area contributed by atoms with E-state index in [1.165, 1.54) is 7.11 Å². The van der Waals surface area contributed by atoms with Gasteiger partial charge in [-0.1, -0.05) is 18.2 Å². The van der Waals surface area contributed by atoms with E-state index in [4.69, 9.17) is 4.74 Å². The predicted molar refractivity (Wildman–Crippen MR) is 103 cm³/mol. The number of hydrogen-bond acceptors (Lipinski definition) is 4. The highest BCUT2D eigenvalue weighted by molar-refractivity contribution is 6.17. The fourth-order valence-electron chi connectivity index (χ4n) is 3.10. The van der Waals surface area contributed by atoms with Gasteiger partial charge in [-0.15, -0.1) is 0 Å². The van der Waals surface area contributed by atoms with Crippen molar-refractivity contribution in [2.24, 2.45) is 5.41 Å². The molecule has 0 heterocycles. The molecule has 0 spiro atoms. The monoisotopic (exact) mass is 366 g/mol. The Bertz CT molecular complexity index is 896. The Balaban J connectivity index is 1.77. The van der Waals surface area contributed by atoms with Crippen LogP contribution in [0.2, 0.25) is 0 Å². The summed E-state index contributed by atoms with van der Waals surface area (Å²) in [5.74, 6) is -1.29. The van der Waals surface area contributed by atoms with Gasteiger partial charge in [-0.2, -0.15) is 0 Å². The summed E-state index contributed by atoms with van der Waals surface area (Å²) >= 11 is 0. The molecular formula is C21H22N2O4. The van der Waals surface area contributed by atoms with Crippen molar-refractivity contribution in [2.45, 2.75) is 26.7 Å². The summed E-state index contributed by atoms with van der Waals surface area (Å²) in [6.07, 6.45) is 0.936. The fourth-order valence-corrected chi connectivity index (χ4v) is 3.10. The summed E-state index contributed by atoms with van der Waals surface area (Å²) in [6.45, 7) is 3.90. The van der Waals surface area contributed by atoms with E-state index in [-0.39, 0.29) is 11.5 Å². The number of benzene rings is 2. The third kappa shape index (κ3) is 3.84. The van der Waals surface area contributed by atoms with E-state index in [1.54, 1.807) is 24.3 Å². The van der Waals surface area contributed by atoms with Gasteiger partial charge in [0.05, 0.1) is 18.4 Å². The van der Waals surface area contributed by atoms with Gasteiger partial charge in [0.15, 0.2) is 0 Å². The van der Waals surface area contributed by atoms with E-state index in [0.29, 0.717) is 24.2 Å². The molecule has 2 aromatic carbocycles. The molecule has 1 aliphatic carbocycles. The first-order valence-corrected chi connectivity index (χ1v) is 8.74. The quantitative estimate of drug-likeness (QED) is 0.627. The number of ether oxygens (including phenoxy) is 1. The van der Waals surface area contributed by atoms with Gasteiger partial charge in [-0.05, 0) is 62.1 Å². The molecule has 2 N–H and O–H groups in total. The van der Waals surface area contributed by atoms with Crippen molar-refractivity contribution in [3.8, 4) is 0 Å². The molecule has 3 rings (SSSR count). The number of esters is 1. The molecule has 1 saturated carbocycles. The van der Waals surface area contributed by atoms with Crippen molar-refractivity contribution in [3.05, 3.63) is 59.2 Å². The molecule has 0 aliphatic heterocycles. The molecule has 2 amide bonds. The summed E-state index contributed by atoms with van der Waals surface area (Å²) in [6, 6.07) is 12.3. The van der Waals surface area contributed by atoms with Crippen LogP contribution in [0.3, 0.4) is 0 Å². The van der Waals surface area contributed by atoms with Gasteiger partial charge in [-0.25, -0.2) is 4.79 Å². The molecule has 0 bridgehead atoms. The van der Waals surface area contributed by atoms with Crippen LogP contribution in [0.1, 0.15) is 34.3 Å². The number of amides is 2. The molecule has 6 nitrogen and oxygen atoms in total. The lowest BCUT2D eigenvalue weighted by Crippen LogP contribution is -2.36. The Hall–Kier alpha value is -3.15. The third-order valence-corrected chi connectivity index (χ3v) is 4.68. The highest BCUT2D eigenvalue weighted by Crippen LogP contribution is 2.47. The lowest BCUT2D eigenvalue weighted by atomic mass is 10.0. The van der Waals surface area contributed by atoms with Crippen molar-refractivity contribution in [2.75, 3.05) is 17.7 Å². The van der Waals surface area contributed by atoms with Crippen molar-refractivity contribution >= 4 is 29.2 Å². The summed E-state index contributed by atoms with van der Waals surface area (Å²) in [5.41, 5.74) is 2.21. The van der Waals surface area contributed by atoms with Crippen LogP contribution in [0, 0.1) is 19.3 Å². The average molecular weight is 366 g/mol. The molecule has 27 heavy (non-hydrogen) atoms. The molecule has 1 aliphatic rings. The molecule has 6 heteroatoms. The second-order valence-corrected chi connectivity index (χ2v) is 6.90. The molecule has 2 aromatic rings. The van der Waals surface area contributed by atoms with Crippen molar-refractivity contribution in [1.29, 1.82) is 0 Å². The van der Waals surface area contributed by atoms with E-state index in [0.717, 1.165) is 11.1 Å². The van der Waals surface area contributed by atoms with Gasteiger partial charge in [0, 0.05) is 5.69 Å². The van der Waals surface area contributed by atoms with E-state index in [2.05, 4.69) is 10.6 Å². The minimum Gasteiger partial charge on any atom is -0.465 e. The van der Waals surface area contributed by atoms with Crippen LogP contribution >= 0.6 is 0 Å². The van der Waals surface area contributed by atoms with Gasteiger partial charge in [0.25, 0.3) is 0 Å². The maximum Gasteiger partial charge on any atom is 0.339 e. The summed E-state index contributed by atoms with van der Waals surface area (Å²) in [4.78, 5) is 37.4. The molecule has 0 unspecified atom stereocenters. The van der Waals surface area contributed by atoms with Crippen LogP contribution in [0.15, 0.2) is 42.5 Å². The zero-order valence-corrected chi connectivity index (χ0v) is 15.6. The van der Waals surface area contributed by atoms with Crippen LogP contribution in [0.4, 0.5) is 11.4 Å². The lowest BCUT2D eigenvalue weighted by Gasteiger charge is -2.17. The number of para-hydroxylation sites is 1. The summed E-state index contributed by atoms with van der Waals surface area (Å²) in [5, 5.41) is 5.57. The number of carbonyl (C=O) groups excluding carboxylic acids is 3. The Morgan fingerprint density at radius 1 is 0.926 bits per heavy atom. The summed E-state index contributed by atoms with van der Waals surface area (Å²) < 4.78 is 4.74. The highest BCUT2D eigenvalue weighted by atomic mass is 16.5. The number of hydrogen-bond donors (Lipinski definition) is 2. The first kappa shape index (κ1) is 18.6. The Kier molecular flexibility index (Phi) is 4.99. The van der Waals surface area contributed by atoms with Crippen LogP contribution in [-0.2, 0) is 14.3 Å². The maximum absolute atomic E-state index is 12.8. The molecule has 0 atom stereocenters. The molecular weight excluding hydrogens is 344 g/mol. The normalized spacial score (nSPS) is 14.2. The number of nitrogens with one attached hydrogen (secondary N) is 2. The average Bonchev–Trinajstić information content (AvgIpc) is 3.42. The second-order valence-electron chi connectivity index (χ2n) is 6.90. The van der Waals surface area contributed by atoms with Gasteiger partial charge in [-0.3, -0.25) is 9.59 Å². The maximum atomic E-state index is 12.8. The van der Waals surface area contributed by atoms with E-state index >= 15 is 0 Å². The van der Waals surface area contributed by atoms with Crippen LogP contribution in [0.5, 0.6) is 0 Å². The Labute approximate surface area is 157 Å². The van der Waals surface area contributed by atoms with Crippen molar-refractivity contribution < 1.29 is 19.1 Å². The van der Waals surface area contributed by atoms with E-state index in [9.17, 15) is 14.4 Å². The van der Waals surface area contributed by atoms with Crippen molar-refractivity contribution in [3.63, 3.8) is 0 Å². The molecule has 0 radical (unpaired) electrons. The highest BCUT2D eigenvalue weighted by Gasteiger charge is 2.56. The van der Waals surface area contributed by atoms with Crippen LogP contribution < -0.4 is 10.6 Å². The standard InChI is InChI=1S/C21H22N2O4/c1-13-10-14(2)12-15(11-13)22-19(25)21(8-9-21)20(26)23-17-7-5-4-6-16(17)18(24)27-3/h4-7,10-12H,8-9H2,1-3H3,(H,22,25)(H,23,26). The van der Waals surface area contributed by atoms with Gasteiger partial charge in [0.1, 0.15) is 5.41 Å². The summed E-state index contributed by atoms with van der Waals surface area (Å²) in [7, 11) is 1.28. The second kappa shape index (κ2) is 7.23.